The van der Waals surface area contributed by atoms with Crippen LogP contribution in [0.1, 0.15) is 13.8 Å². The molecule has 0 aromatic heterocycles. The van der Waals surface area contributed by atoms with E-state index < -0.39 is 0 Å². The highest BCUT2D eigenvalue weighted by Crippen LogP contribution is 1.96. The molecule has 0 aromatic rings. The molecule has 0 rings (SSSR count). The third-order valence-electron chi connectivity index (χ3n) is 1.33. The van der Waals surface area contributed by atoms with Crippen LogP contribution in [0.5, 0.6) is 0 Å². The lowest BCUT2D eigenvalue weighted by atomic mass is 10.1. The normalized spacial score (nSPS) is 13.9. The Kier molecular flexibility index (Phi) is 3.47. The lowest BCUT2D eigenvalue weighted by Crippen LogP contribution is -2.23. The first kappa shape index (κ1) is 8.63. The molecule has 0 radical (unpaired) electrons. The Morgan fingerprint density at radius 1 is 1.56 bits per heavy atom. The summed E-state index contributed by atoms with van der Waals surface area (Å²) in [7, 11) is 3.94. The molecular weight excluding hydrogens is 114 g/mol. The number of hydrogen-bond donors (Lipinski definition) is 0. The number of Topliss-reactive ketones (excluding diaryl/α,β-unsaturated/α-hetero) is 1. The maximum atomic E-state index is 10.7. The second-order valence-corrected chi connectivity index (χ2v) is 2.77. The molecule has 0 unspecified atom stereocenters. The van der Waals surface area contributed by atoms with E-state index in [0.29, 0.717) is 0 Å². The molecule has 0 spiro atoms. The van der Waals surface area contributed by atoms with E-state index in [1.807, 2.05) is 25.9 Å². The molecule has 9 heavy (non-hydrogen) atoms. The minimum Gasteiger partial charge on any atom is -0.309 e. The Balaban J connectivity index is 3.50. The van der Waals surface area contributed by atoms with E-state index in [2.05, 4.69) is 0 Å². The zero-order chi connectivity index (χ0) is 7.44. The van der Waals surface area contributed by atoms with E-state index in [0.717, 1.165) is 6.54 Å². The largest absolute Gasteiger partial charge is 0.309 e. The van der Waals surface area contributed by atoms with Gasteiger partial charge >= 0.3 is 0 Å². The number of rotatable bonds is 3. The van der Waals surface area contributed by atoms with Gasteiger partial charge in [-0.25, -0.2) is 0 Å². The summed E-state index contributed by atoms with van der Waals surface area (Å²) in [6.45, 7) is 4.44. The zero-order valence-electron chi connectivity index (χ0n) is 6.64. The molecule has 0 saturated heterocycles. The summed E-state index contributed by atoms with van der Waals surface area (Å²) in [5, 5.41) is 0. The number of nitrogens with zero attached hydrogens (tertiary/aromatic N) is 1. The van der Waals surface area contributed by atoms with Gasteiger partial charge in [0.25, 0.3) is 0 Å². The second kappa shape index (κ2) is 3.62. The predicted octanol–water partition coefficient (Wildman–Crippen LogP) is 0.773. The van der Waals surface area contributed by atoms with E-state index in [9.17, 15) is 4.79 Å². The van der Waals surface area contributed by atoms with Gasteiger partial charge in [-0.2, -0.15) is 0 Å². The van der Waals surface area contributed by atoms with Crippen LogP contribution >= 0.6 is 0 Å². The van der Waals surface area contributed by atoms with Crippen LogP contribution in [-0.4, -0.2) is 31.3 Å². The van der Waals surface area contributed by atoms with Crippen LogP contribution in [0.4, 0.5) is 0 Å². The molecule has 0 aromatic carbocycles. The van der Waals surface area contributed by atoms with Gasteiger partial charge in [0, 0.05) is 12.5 Å². The predicted molar refractivity (Wildman–Crippen MR) is 38.4 cm³/mol. The molecule has 0 aliphatic carbocycles. The van der Waals surface area contributed by atoms with Gasteiger partial charge in [0.05, 0.1) is 0 Å². The van der Waals surface area contributed by atoms with Gasteiger partial charge < -0.3 is 4.90 Å². The Bertz CT molecular complexity index is 99.1. The average molecular weight is 129 g/mol. The molecule has 0 aliphatic heterocycles. The SMILES string of the molecule is CC(=O)[C@@H](C)CN(C)C. The van der Waals surface area contributed by atoms with E-state index in [1.54, 1.807) is 6.92 Å². The molecule has 0 bridgehead atoms. The van der Waals surface area contributed by atoms with Crippen molar-refractivity contribution < 1.29 is 4.79 Å². The highest BCUT2D eigenvalue weighted by molar-refractivity contribution is 5.78. The van der Waals surface area contributed by atoms with Crippen LogP contribution in [0.15, 0.2) is 0 Å². The van der Waals surface area contributed by atoms with Crippen molar-refractivity contribution in [2.75, 3.05) is 20.6 Å². The number of carbonyl (C=O) groups is 1. The maximum Gasteiger partial charge on any atom is 0.133 e. The van der Waals surface area contributed by atoms with Crippen molar-refractivity contribution in [3.63, 3.8) is 0 Å². The molecule has 54 valence electrons. The monoisotopic (exact) mass is 129 g/mol. The van der Waals surface area contributed by atoms with Gasteiger partial charge in [-0.1, -0.05) is 6.92 Å². The standard InChI is InChI=1S/C7H15NO/c1-6(7(2)9)5-8(3)4/h6H,5H2,1-4H3/t6-/m0/s1. The number of ketones is 1. The fourth-order valence-corrected chi connectivity index (χ4v) is 0.676. The van der Waals surface area contributed by atoms with Crippen molar-refractivity contribution in [2.24, 2.45) is 5.92 Å². The molecule has 0 fully saturated rings. The molecule has 0 heterocycles. The van der Waals surface area contributed by atoms with Crippen molar-refractivity contribution in [3.8, 4) is 0 Å². The first-order valence-electron chi connectivity index (χ1n) is 3.19. The number of hydrogen-bond acceptors (Lipinski definition) is 2. The highest BCUT2D eigenvalue weighted by atomic mass is 16.1. The Hall–Kier alpha value is -0.370. The van der Waals surface area contributed by atoms with E-state index in [-0.39, 0.29) is 11.7 Å². The molecule has 1 atom stereocenters. The van der Waals surface area contributed by atoms with Crippen molar-refractivity contribution in [1.29, 1.82) is 0 Å². The third-order valence-corrected chi connectivity index (χ3v) is 1.33. The van der Waals surface area contributed by atoms with Crippen molar-refractivity contribution >= 4 is 5.78 Å². The fraction of sp³-hybridized carbons (Fsp3) is 0.857. The second-order valence-electron chi connectivity index (χ2n) is 2.77. The lowest BCUT2D eigenvalue weighted by Gasteiger charge is -2.13. The highest BCUT2D eigenvalue weighted by Gasteiger charge is 2.06. The summed E-state index contributed by atoms with van der Waals surface area (Å²) in [6, 6.07) is 0. The lowest BCUT2D eigenvalue weighted by molar-refractivity contribution is -0.120. The van der Waals surface area contributed by atoms with Crippen molar-refractivity contribution in [2.45, 2.75) is 13.8 Å². The average Bonchev–Trinajstić information content (AvgIpc) is 1.63. The van der Waals surface area contributed by atoms with Crippen LogP contribution in [0, 0.1) is 5.92 Å². The van der Waals surface area contributed by atoms with Gasteiger partial charge in [0.15, 0.2) is 0 Å². The van der Waals surface area contributed by atoms with Crippen LogP contribution in [0.25, 0.3) is 0 Å². The smallest absolute Gasteiger partial charge is 0.133 e. The minimum atomic E-state index is 0.181. The van der Waals surface area contributed by atoms with Gasteiger partial charge in [-0.15, -0.1) is 0 Å². The van der Waals surface area contributed by atoms with E-state index in [1.165, 1.54) is 0 Å². The van der Waals surface area contributed by atoms with Gasteiger partial charge in [-0.05, 0) is 21.0 Å². The number of carbonyl (C=O) groups excluding carboxylic acids is 1. The molecular formula is C7H15NO. The first-order valence-corrected chi connectivity index (χ1v) is 3.19. The molecule has 0 aliphatic rings. The summed E-state index contributed by atoms with van der Waals surface area (Å²) >= 11 is 0. The molecule has 0 amide bonds. The van der Waals surface area contributed by atoms with Crippen LogP contribution in [-0.2, 0) is 4.79 Å². The summed E-state index contributed by atoms with van der Waals surface area (Å²) in [5.74, 6) is 0.448. The maximum absolute atomic E-state index is 10.7. The van der Waals surface area contributed by atoms with E-state index >= 15 is 0 Å². The molecule has 2 heteroatoms. The van der Waals surface area contributed by atoms with Crippen LogP contribution < -0.4 is 0 Å². The minimum absolute atomic E-state index is 0.181. The fourth-order valence-electron chi connectivity index (χ4n) is 0.676. The zero-order valence-corrected chi connectivity index (χ0v) is 6.64. The van der Waals surface area contributed by atoms with Gasteiger partial charge in [0.1, 0.15) is 5.78 Å². The molecule has 2 nitrogen and oxygen atoms in total. The molecule has 0 N–H and O–H groups in total. The first-order chi connectivity index (χ1) is 4.04. The Morgan fingerprint density at radius 2 is 2.00 bits per heavy atom. The van der Waals surface area contributed by atoms with Crippen molar-refractivity contribution in [3.05, 3.63) is 0 Å². The summed E-state index contributed by atoms with van der Waals surface area (Å²) in [6.07, 6.45) is 0. The van der Waals surface area contributed by atoms with Gasteiger partial charge in [-0.3, -0.25) is 4.79 Å². The summed E-state index contributed by atoms with van der Waals surface area (Å²) in [5.41, 5.74) is 0. The summed E-state index contributed by atoms with van der Waals surface area (Å²) in [4.78, 5) is 12.7. The Labute approximate surface area is 56.9 Å². The van der Waals surface area contributed by atoms with Crippen LogP contribution in [0.3, 0.4) is 0 Å². The van der Waals surface area contributed by atoms with Crippen molar-refractivity contribution in [1.82, 2.24) is 4.90 Å². The quantitative estimate of drug-likeness (QED) is 0.561. The summed E-state index contributed by atoms with van der Waals surface area (Å²) < 4.78 is 0. The topological polar surface area (TPSA) is 20.3 Å². The van der Waals surface area contributed by atoms with E-state index in [4.69, 9.17) is 0 Å². The van der Waals surface area contributed by atoms with Gasteiger partial charge in [0.2, 0.25) is 0 Å². The molecule has 0 saturated carbocycles. The van der Waals surface area contributed by atoms with Crippen LogP contribution in [0.2, 0.25) is 0 Å². The Morgan fingerprint density at radius 3 is 2.11 bits per heavy atom. The third kappa shape index (κ3) is 4.15.